The van der Waals surface area contributed by atoms with Crippen LogP contribution in [0.5, 0.6) is 0 Å². The van der Waals surface area contributed by atoms with Gasteiger partial charge in [-0.15, -0.1) is 0 Å². The van der Waals surface area contributed by atoms with E-state index in [4.69, 9.17) is 16.3 Å². The number of halogens is 2. The molecule has 1 fully saturated rings. The summed E-state index contributed by atoms with van der Waals surface area (Å²) in [4.78, 5) is 12.5. The summed E-state index contributed by atoms with van der Waals surface area (Å²) in [6.07, 6.45) is 2.16. The third kappa shape index (κ3) is 3.81. The smallest absolute Gasteiger partial charge is 0.166 e. The molecule has 0 N–H and O–H groups in total. The van der Waals surface area contributed by atoms with Gasteiger partial charge in [-0.25, -0.2) is 4.39 Å². The van der Waals surface area contributed by atoms with Crippen LogP contribution in [0.4, 0.5) is 4.39 Å². The fourth-order valence-corrected chi connectivity index (χ4v) is 2.31. The molecule has 0 saturated carbocycles. The molecule has 0 bridgehead atoms. The number of carbonyl (C=O) groups excluding carboxylic acids is 1. The van der Waals surface area contributed by atoms with Crippen molar-refractivity contribution < 1.29 is 13.9 Å². The first kappa shape index (κ1) is 14.9. The molecular formula is C18H14ClFO2. The molecule has 4 heteroatoms. The monoisotopic (exact) mass is 316 g/mol. The number of ketones is 1. The van der Waals surface area contributed by atoms with Gasteiger partial charge in [0.1, 0.15) is 5.82 Å². The van der Waals surface area contributed by atoms with Crippen molar-refractivity contribution in [3.63, 3.8) is 0 Å². The summed E-state index contributed by atoms with van der Waals surface area (Å²) in [7, 11) is 0. The van der Waals surface area contributed by atoms with Crippen molar-refractivity contribution >= 4 is 29.0 Å². The Morgan fingerprint density at radius 1 is 1.18 bits per heavy atom. The van der Waals surface area contributed by atoms with Crippen molar-refractivity contribution in [1.29, 1.82) is 0 Å². The number of hydrogen-bond acceptors (Lipinski definition) is 2. The summed E-state index contributed by atoms with van der Waals surface area (Å²) in [5.41, 5.74) is 2.12. The van der Waals surface area contributed by atoms with Crippen LogP contribution >= 0.6 is 11.6 Å². The Morgan fingerprint density at radius 3 is 2.41 bits per heavy atom. The number of rotatable bonds is 5. The highest BCUT2D eigenvalue weighted by atomic mass is 35.5. The maximum absolute atomic E-state index is 13.1. The Kier molecular flexibility index (Phi) is 4.36. The van der Waals surface area contributed by atoms with Crippen molar-refractivity contribution in [2.75, 3.05) is 6.61 Å². The third-order valence-corrected chi connectivity index (χ3v) is 3.70. The van der Waals surface area contributed by atoms with E-state index in [1.807, 2.05) is 12.1 Å². The van der Waals surface area contributed by atoms with Gasteiger partial charge >= 0.3 is 0 Å². The van der Waals surface area contributed by atoms with Gasteiger partial charge in [-0.2, -0.15) is 0 Å². The molecule has 1 atom stereocenters. The van der Waals surface area contributed by atoms with Gasteiger partial charge in [-0.1, -0.05) is 35.9 Å². The van der Waals surface area contributed by atoms with Crippen LogP contribution in [0.25, 0.3) is 11.6 Å². The number of carbonyl (C=O) groups is 1. The van der Waals surface area contributed by atoms with E-state index >= 15 is 0 Å². The number of allylic oxidation sites excluding steroid dienone is 1. The molecule has 2 aromatic carbocycles. The molecule has 1 heterocycles. The molecule has 0 radical (unpaired) electrons. The molecule has 22 heavy (non-hydrogen) atoms. The van der Waals surface area contributed by atoms with E-state index in [2.05, 4.69) is 0 Å². The summed E-state index contributed by atoms with van der Waals surface area (Å²) in [5, 5.41) is 0.637. The number of benzene rings is 2. The molecule has 0 amide bonds. The standard InChI is InChI=1S/C18H14ClFO2/c19-14-5-1-12(2-6-14)9-17(18(21)10-16-11-22-16)13-3-7-15(20)8-4-13/h1-9,16H,10-11H2/b17-9+. The Balaban J connectivity index is 1.95. The van der Waals surface area contributed by atoms with E-state index in [1.165, 1.54) is 12.1 Å². The summed E-state index contributed by atoms with van der Waals surface area (Å²) in [6, 6.07) is 13.1. The van der Waals surface area contributed by atoms with Gasteiger partial charge in [0.05, 0.1) is 12.7 Å². The molecule has 1 aliphatic heterocycles. The number of epoxide rings is 1. The zero-order valence-electron chi connectivity index (χ0n) is 11.8. The molecular weight excluding hydrogens is 303 g/mol. The lowest BCUT2D eigenvalue weighted by molar-refractivity contribution is -0.114. The maximum atomic E-state index is 13.1. The number of ether oxygens (including phenoxy) is 1. The molecule has 2 nitrogen and oxygen atoms in total. The van der Waals surface area contributed by atoms with Crippen LogP contribution in [-0.4, -0.2) is 18.5 Å². The Hall–Kier alpha value is -1.97. The van der Waals surface area contributed by atoms with Crippen LogP contribution in [0.3, 0.4) is 0 Å². The highest BCUT2D eigenvalue weighted by molar-refractivity contribution is 6.30. The minimum absolute atomic E-state index is 0.0101. The first-order valence-corrected chi connectivity index (χ1v) is 7.37. The van der Waals surface area contributed by atoms with Crippen molar-refractivity contribution in [2.45, 2.75) is 12.5 Å². The second-order valence-electron chi connectivity index (χ2n) is 5.20. The highest BCUT2D eigenvalue weighted by Gasteiger charge is 2.27. The Labute approximate surface area is 133 Å². The first-order chi connectivity index (χ1) is 10.6. The van der Waals surface area contributed by atoms with Crippen LogP contribution < -0.4 is 0 Å². The van der Waals surface area contributed by atoms with Crippen molar-refractivity contribution in [1.82, 2.24) is 0 Å². The van der Waals surface area contributed by atoms with Crippen molar-refractivity contribution in [3.8, 4) is 0 Å². The largest absolute Gasteiger partial charge is 0.373 e. The van der Waals surface area contributed by atoms with E-state index < -0.39 is 0 Å². The molecule has 0 aromatic heterocycles. The zero-order valence-corrected chi connectivity index (χ0v) is 12.5. The SMILES string of the molecule is O=C(CC1CO1)/C(=C/c1ccc(Cl)cc1)c1ccc(F)cc1. The van der Waals surface area contributed by atoms with Gasteiger partial charge in [-0.05, 0) is 41.5 Å². The number of hydrogen-bond donors (Lipinski definition) is 0. The predicted molar refractivity (Wildman–Crippen MR) is 85.1 cm³/mol. The minimum Gasteiger partial charge on any atom is -0.373 e. The van der Waals surface area contributed by atoms with Crippen LogP contribution in [0.1, 0.15) is 17.5 Å². The van der Waals surface area contributed by atoms with Gasteiger partial charge in [0.2, 0.25) is 0 Å². The molecule has 1 aliphatic rings. The van der Waals surface area contributed by atoms with Gasteiger partial charge in [0.25, 0.3) is 0 Å². The van der Waals surface area contributed by atoms with Gasteiger partial charge in [-0.3, -0.25) is 4.79 Å². The van der Waals surface area contributed by atoms with E-state index in [0.717, 1.165) is 5.56 Å². The predicted octanol–water partition coefficient (Wildman–Crippen LogP) is 4.38. The topological polar surface area (TPSA) is 29.6 Å². The second kappa shape index (κ2) is 6.42. The molecule has 112 valence electrons. The Morgan fingerprint density at radius 2 is 1.82 bits per heavy atom. The summed E-state index contributed by atoms with van der Waals surface area (Å²) in [5.74, 6) is -0.336. The van der Waals surface area contributed by atoms with Gasteiger partial charge < -0.3 is 4.74 Å². The fraction of sp³-hybridized carbons (Fsp3) is 0.167. The van der Waals surface area contributed by atoms with Gasteiger partial charge in [0.15, 0.2) is 5.78 Å². The quantitative estimate of drug-likeness (QED) is 0.465. The third-order valence-electron chi connectivity index (χ3n) is 3.45. The summed E-state index contributed by atoms with van der Waals surface area (Å²) < 4.78 is 18.2. The summed E-state index contributed by atoms with van der Waals surface area (Å²) in [6.45, 7) is 0.628. The molecule has 1 unspecified atom stereocenters. The Bertz CT molecular complexity index is 701. The maximum Gasteiger partial charge on any atom is 0.166 e. The summed E-state index contributed by atoms with van der Waals surface area (Å²) >= 11 is 5.88. The van der Waals surface area contributed by atoms with Gasteiger partial charge in [0, 0.05) is 17.0 Å². The minimum atomic E-state index is -0.326. The lowest BCUT2D eigenvalue weighted by Crippen LogP contribution is -2.05. The molecule has 0 aliphatic carbocycles. The van der Waals surface area contributed by atoms with Crippen LogP contribution in [0, 0.1) is 5.82 Å². The molecule has 1 saturated heterocycles. The lowest BCUT2D eigenvalue weighted by atomic mass is 9.96. The van der Waals surface area contributed by atoms with E-state index in [0.29, 0.717) is 29.2 Å². The average molecular weight is 317 g/mol. The molecule has 3 rings (SSSR count). The van der Waals surface area contributed by atoms with Crippen LogP contribution in [0.15, 0.2) is 48.5 Å². The van der Waals surface area contributed by atoms with Crippen molar-refractivity contribution in [2.24, 2.45) is 0 Å². The molecule has 2 aromatic rings. The van der Waals surface area contributed by atoms with E-state index in [-0.39, 0.29) is 17.7 Å². The van der Waals surface area contributed by atoms with Crippen LogP contribution in [0.2, 0.25) is 5.02 Å². The average Bonchev–Trinajstić information content (AvgIpc) is 3.31. The zero-order chi connectivity index (χ0) is 15.5. The normalized spacial score (nSPS) is 17.4. The van der Waals surface area contributed by atoms with Crippen LogP contribution in [-0.2, 0) is 9.53 Å². The second-order valence-corrected chi connectivity index (χ2v) is 5.64. The van der Waals surface area contributed by atoms with E-state index in [9.17, 15) is 9.18 Å². The van der Waals surface area contributed by atoms with E-state index in [1.54, 1.807) is 30.3 Å². The van der Waals surface area contributed by atoms with Crippen molar-refractivity contribution in [3.05, 3.63) is 70.5 Å². The first-order valence-electron chi connectivity index (χ1n) is 7.00. The fourth-order valence-electron chi connectivity index (χ4n) is 2.18. The number of Topliss-reactive ketones (excluding diaryl/α,β-unsaturated/α-hetero) is 1. The highest BCUT2D eigenvalue weighted by Crippen LogP contribution is 2.25. The lowest BCUT2D eigenvalue weighted by Gasteiger charge is -2.07. The molecule has 0 spiro atoms.